The van der Waals surface area contributed by atoms with Crippen molar-refractivity contribution >= 4 is 0 Å². The van der Waals surface area contributed by atoms with Crippen molar-refractivity contribution < 1.29 is 4.74 Å². The van der Waals surface area contributed by atoms with Gasteiger partial charge in [-0.15, -0.1) is 0 Å². The van der Waals surface area contributed by atoms with Crippen molar-refractivity contribution in [1.82, 2.24) is 9.78 Å². The van der Waals surface area contributed by atoms with E-state index in [0.29, 0.717) is 6.10 Å². The highest BCUT2D eigenvalue weighted by atomic mass is 16.5. The molecular weight excluding hydrogens is 202 g/mol. The van der Waals surface area contributed by atoms with Crippen LogP contribution in [0.4, 0.5) is 0 Å². The first kappa shape index (κ1) is 11.6. The van der Waals surface area contributed by atoms with Crippen LogP contribution in [0, 0.1) is 0 Å². The zero-order valence-corrected chi connectivity index (χ0v) is 9.93. The first-order chi connectivity index (χ1) is 7.75. The molecule has 0 aliphatic carbocycles. The largest absolute Gasteiger partial charge is 0.378 e. The fourth-order valence-electron chi connectivity index (χ4n) is 2.24. The summed E-state index contributed by atoms with van der Waals surface area (Å²) in [6.45, 7) is 0.944. The first-order valence-corrected chi connectivity index (χ1v) is 6.11. The summed E-state index contributed by atoms with van der Waals surface area (Å²) in [6, 6.07) is 0.120. The number of nitrogens with two attached hydrogens (primary N) is 1. The zero-order chi connectivity index (χ0) is 11.4. The van der Waals surface area contributed by atoms with Crippen LogP contribution in [0.1, 0.15) is 43.7 Å². The predicted octanol–water partition coefficient (Wildman–Crippen LogP) is 1.77. The molecule has 1 fully saturated rings. The smallest absolute Gasteiger partial charge is 0.0576 e. The third kappa shape index (κ3) is 3.06. The van der Waals surface area contributed by atoms with Gasteiger partial charge in [0.05, 0.1) is 12.3 Å². The summed E-state index contributed by atoms with van der Waals surface area (Å²) in [5.74, 6) is 0. The van der Waals surface area contributed by atoms with Gasteiger partial charge in [0, 0.05) is 31.5 Å². The van der Waals surface area contributed by atoms with E-state index in [2.05, 4.69) is 5.10 Å². The van der Waals surface area contributed by atoms with E-state index in [9.17, 15) is 0 Å². The monoisotopic (exact) mass is 223 g/mol. The molecule has 0 amide bonds. The van der Waals surface area contributed by atoms with E-state index in [1.165, 1.54) is 12.8 Å². The Kier molecular flexibility index (Phi) is 3.96. The Balaban J connectivity index is 1.69. The molecule has 1 aromatic rings. The standard InChI is InChI=1S/C12H21N3O/c1-15-9-10(8-14-15)12(13)6-2-4-11-5-3-7-16-11/h8-9,11-12H,2-7,13H2,1H3. The zero-order valence-electron chi connectivity index (χ0n) is 9.93. The molecule has 1 aliphatic heterocycles. The number of hydrogen-bond donors (Lipinski definition) is 1. The molecule has 2 rings (SSSR count). The number of hydrogen-bond acceptors (Lipinski definition) is 3. The maximum absolute atomic E-state index is 6.10. The molecule has 4 nitrogen and oxygen atoms in total. The molecule has 0 radical (unpaired) electrons. The van der Waals surface area contributed by atoms with Crippen LogP contribution in [-0.4, -0.2) is 22.5 Å². The molecule has 0 aromatic carbocycles. The maximum atomic E-state index is 6.10. The second kappa shape index (κ2) is 5.46. The van der Waals surface area contributed by atoms with Gasteiger partial charge in [0.25, 0.3) is 0 Å². The Hall–Kier alpha value is -0.870. The van der Waals surface area contributed by atoms with E-state index < -0.39 is 0 Å². The molecule has 90 valence electrons. The molecule has 2 unspecified atom stereocenters. The molecule has 1 saturated heterocycles. The van der Waals surface area contributed by atoms with Crippen LogP contribution in [0.2, 0.25) is 0 Å². The Morgan fingerprint density at radius 1 is 1.69 bits per heavy atom. The molecule has 0 bridgehead atoms. The molecule has 0 saturated carbocycles. The van der Waals surface area contributed by atoms with Crippen LogP contribution in [0.25, 0.3) is 0 Å². The van der Waals surface area contributed by atoms with Crippen LogP contribution >= 0.6 is 0 Å². The third-order valence-corrected chi connectivity index (χ3v) is 3.22. The minimum atomic E-state index is 0.120. The molecular formula is C12H21N3O. The van der Waals surface area contributed by atoms with Crippen LogP contribution < -0.4 is 5.73 Å². The van der Waals surface area contributed by atoms with E-state index >= 15 is 0 Å². The van der Waals surface area contributed by atoms with E-state index in [-0.39, 0.29) is 6.04 Å². The van der Waals surface area contributed by atoms with Gasteiger partial charge in [-0.1, -0.05) is 0 Å². The minimum Gasteiger partial charge on any atom is -0.378 e. The molecule has 1 aromatic heterocycles. The molecule has 0 spiro atoms. The summed E-state index contributed by atoms with van der Waals surface area (Å²) in [4.78, 5) is 0. The van der Waals surface area contributed by atoms with Crippen molar-refractivity contribution in [2.45, 2.75) is 44.2 Å². The van der Waals surface area contributed by atoms with Crippen molar-refractivity contribution in [3.8, 4) is 0 Å². The molecule has 2 N–H and O–H groups in total. The minimum absolute atomic E-state index is 0.120. The van der Waals surface area contributed by atoms with Crippen LogP contribution in [0.15, 0.2) is 12.4 Å². The van der Waals surface area contributed by atoms with Crippen LogP contribution in [0.3, 0.4) is 0 Å². The highest BCUT2D eigenvalue weighted by molar-refractivity contribution is 5.09. The fourth-order valence-corrected chi connectivity index (χ4v) is 2.24. The summed E-state index contributed by atoms with van der Waals surface area (Å²) >= 11 is 0. The average Bonchev–Trinajstić information content (AvgIpc) is 2.89. The van der Waals surface area contributed by atoms with Gasteiger partial charge < -0.3 is 10.5 Å². The molecule has 16 heavy (non-hydrogen) atoms. The Morgan fingerprint density at radius 3 is 3.19 bits per heavy atom. The molecule has 1 aliphatic rings. The van der Waals surface area contributed by atoms with Crippen molar-refractivity contribution in [1.29, 1.82) is 0 Å². The SMILES string of the molecule is Cn1cc(C(N)CCCC2CCCO2)cn1. The van der Waals surface area contributed by atoms with Crippen molar-refractivity contribution in [3.63, 3.8) is 0 Å². The van der Waals surface area contributed by atoms with Gasteiger partial charge >= 0.3 is 0 Å². The average molecular weight is 223 g/mol. The van der Waals surface area contributed by atoms with E-state index in [1.54, 1.807) is 4.68 Å². The van der Waals surface area contributed by atoms with Gasteiger partial charge in [0.2, 0.25) is 0 Å². The number of ether oxygens (including phenoxy) is 1. The maximum Gasteiger partial charge on any atom is 0.0576 e. The Morgan fingerprint density at radius 2 is 2.56 bits per heavy atom. The summed E-state index contributed by atoms with van der Waals surface area (Å²) in [5.41, 5.74) is 7.23. The quantitative estimate of drug-likeness (QED) is 0.827. The summed E-state index contributed by atoms with van der Waals surface area (Å²) < 4.78 is 7.39. The van der Waals surface area contributed by atoms with E-state index in [4.69, 9.17) is 10.5 Å². The predicted molar refractivity (Wildman–Crippen MR) is 63.0 cm³/mol. The lowest BCUT2D eigenvalue weighted by Crippen LogP contribution is -2.11. The van der Waals surface area contributed by atoms with Gasteiger partial charge in [-0.05, 0) is 32.1 Å². The van der Waals surface area contributed by atoms with Crippen LogP contribution in [0.5, 0.6) is 0 Å². The highest BCUT2D eigenvalue weighted by Crippen LogP contribution is 2.21. The normalized spacial score (nSPS) is 22.5. The summed E-state index contributed by atoms with van der Waals surface area (Å²) in [6.07, 6.45) is 10.1. The molecule has 2 atom stereocenters. The number of aromatic nitrogens is 2. The topological polar surface area (TPSA) is 53.1 Å². The lowest BCUT2D eigenvalue weighted by atomic mass is 10.0. The summed E-state index contributed by atoms with van der Waals surface area (Å²) in [5, 5.41) is 4.14. The van der Waals surface area contributed by atoms with Gasteiger partial charge in [-0.25, -0.2) is 0 Å². The van der Waals surface area contributed by atoms with Crippen LogP contribution in [-0.2, 0) is 11.8 Å². The second-order valence-electron chi connectivity index (χ2n) is 4.62. The highest BCUT2D eigenvalue weighted by Gasteiger charge is 2.16. The van der Waals surface area contributed by atoms with E-state index in [1.807, 2.05) is 19.4 Å². The molecule has 2 heterocycles. The summed E-state index contributed by atoms with van der Waals surface area (Å²) in [7, 11) is 1.92. The lowest BCUT2D eigenvalue weighted by Gasteiger charge is -2.12. The number of rotatable bonds is 5. The van der Waals surface area contributed by atoms with Crippen molar-refractivity contribution in [3.05, 3.63) is 18.0 Å². The Labute approximate surface area is 96.8 Å². The fraction of sp³-hybridized carbons (Fsp3) is 0.750. The first-order valence-electron chi connectivity index (χ1n) is 6.11. The van der Waals surface area contributed by atoms with Crippen molar-refractivity contribution in [2.24, 2.45) is 12.8 Å². The van der Waals surface area contributed by atoms with Gasteiger partial charge in [0.15, 0.2) is 0 Å². The van der Waals surface area contributed by atoms with E-state index in [0.717, 1.165) is 31.4 Å². The van der Waals surface area contributed by atoms with Gasteiger partial charge in [0.1, 0.15) is 0 Å². The Bertz CT molecular complexity index is 318. The lowest BCUT2D eigenvalue weighted by molar-refractivity contribution is 0.101. The van der Waals surface area contributed by atoms with Gasteiger partial charge in [-0.3, -0.25) is 4.68 Å². The second-order valence-corrected chi connectivity index (χ2v) is 4.62. The molecule has 4 heteroatoms. The number of aryl methyl sites for hydroxylation is 1. The van der Waals surface area contributed by atoms with Crippen molar-refractivity contribution in [2.75, 3.05) is 6.61 Å². The third-order valence-electron chi connectivity index (χ3n) is 3.22. The number of nitrogens with zero attached hydrogens (tertiary/aromatic N) is 2. The van der Waals surface area contributed by atoms with Gasteiger partial charge in [-0.2, -0.15) is 5.10 Å².